The molecule has 1 saturated heterocycles. The lowest BCUT2D eigenvalue weighted by Crippen LogP contribution is -2.35. The van der Waals surface area contributed by atoms with Crippen molar-refractivity contribution in [3.8, 4) is 11.3 Å². The van der Waals surface area contributed by atoms with Gasteiger partial charge in [-0.05, 0) is 44.1 Å². The first kappa shape index (κ1) is 25.0. The molecule has 3 N–H and O–H groups in total. The van der Waals surface area contributed by atoms with E-state index in [1.165, 1.54) is 0 Å². The maximum atomic E-state index is 15.2. The number of benzene rings is 1. The molecule has 2 fully saturated rings. The number of fused-ring (bicyclic) bond motifs is 1. The maximum absolute atomic E-state index is 15.2. The Balaban J connectivity index is 1.43. The first-order chi connectivity index (χ1) is 17.6. The standard InChI is InChI=1S/C27H38FN7O/c1-2-3-10-30-27-31-16-23-25(33-35(26(23)32-27)17-19-4-8-22(29)9-5-19)20-6-7-21(24(28)15-20)18-34-11-13-36-14-12-34/h6-7,15-16,19,22H,2-5,8-14,17-18,29H2,1H3,(H,30,31,32)/t19-,22-. The number of rotatable bonds is 9. The number of hydrogen-bond donors (Lipinski definition) is 2. The summed E-state index contributed by atoms with van der Waals surface area (Å²) in [6.45, 7) is 7.42. The van der Waals surface area contributed by atoms with E-state index < -0.39 is 0 Å². The van der Waals surface area contributed by atoms with E-state index in [2.05, 4.69) is 22.1 Å². The molecular formula is C27H38FN7O. The van der Waals surface area contributed by atoms with Gasteiger partial charge in [0.15, 0.2) is 5.65 Å². The van der Waals surface area contributed by atoms with E-state index in [1.807, 2.05) is 23.0 Å². The summed E-state index contributed by atoms with van der Waals surface area (Å²) >= 11 is 0. The van der Waals surface area contributed by atoms with Gasteiger partial charge in [-0.1, -0.05) is 25.5 Å². The van der Waals surface area contributed by atoms with Crippen LogP contribution in [0.25, 0.3) is 22.3 Å². The zero-order valence-corrected chi connectivity index (χ0v) is 21.3. The molecule has 5 rings (SSSR count). The molecule has 0 amide bonds. The fraction of sp³-hybridized carbons (Fsp3) is 0.593. The van der Waals surface area contributed by atoms with Gasteiger partial charge in [0.1, 0.15) is 11.5 Å². The van der Waals surface area contributed by atoms with Crippen molar-refractivity contribution in [1.82, 2.24) is 24.6 Å². The molecule has 0 unspecified atom stereocenters. The van der Waals surface area contributed by atoms with Crippen LogP contribution in [0.3, 0.4) is 0 Å². The minimum Gasteiger partial charge on any atom is -0.379 e. The van der Waals surface area contributed by atoms with Crippen molar-refractivity contribution in [3.05, 3.63) is 35.8 Å². The number of nitrogens with zero attached hydrogens (tertiary/aromatic N) is 5. The Labute approximate surface area is 212 Å². The summed E-state index contributed by atoms with van der Waals surface area (Å²) in [5.74, 6) is 0.919. The lowest BCUT2D eigenvalue weighted by molar-refractivity contribution is 0.0337. The fourth-order valence-electron chi connectivity index (χ4n) is 5.20. The third-order valence-corrected chi connectivity index (χ3v) is 7.45. The van der Waals surface area contributed by atoms with E-state index in [0.717, 1.165) is 87.0 Å². The molecule has 2 aliphatic rings. The quantitative estimate of drug-likeness (QED) is 0.430. The molecule has 8 nitrogen and oxygen atoms in total. The Bertz CT molecular complexity index is 1150. The van der Waals surface area contributed by atoms with Gasteiger partial charge >= 0.3 is 0 Å². The van der Waals surface area contributed by atoms with E-state index >= 15 is 4.39 Å². The second kappa shape index (κ2) is 11.6. The van der Waals surface area contributed by atoms with Gasteiger partial charge < -0.3 is 15.8 Å². The van der Waals surface area contributed by atoms with Crippen molar-refractivity contribution in [3.63, 3.8) is 0 Å². The molecule has 3 aromatic rings. The van der Waals surface area contributed by atoms with E-state index in [9.17, 15) is 0 Å². The number of morpholine rings is 1. The highest BCUT2D eigenvalue weighted by atomic mass is 19.1. The van der Waals surface area contributed by atoms with Crippen LogP contribution in [0.2, 0.25) is 0 Å². The van der Waals surface area contributed by atoms with Crippen LogP contribution >= 0.6 is 0 Å². The van der Waals surface area contributed by atoms with Crippen LogP contribution in [0.5, 0.6) is 0 Å². The van der Waals surface area contributed by atoms with Crippen molar-refractivity contribution < 1.29 is 9.13 Å². The normalized spacial score (nSPS) is 21.2. The third kappa shape index (κ3) is 5.85. The van der Waals surface area contributed by atoms with E-state index in [0.29, 0.717) is 43.2 Å². The second-order valence-electron chi connectivity index (χ2n) is 10.2. The van der Waals surface area contributed by atoms with Crippen LogP contribution in [0.15, 0.2) is 24.4 Å². The molecule has 9 heteroatoms. The van der Waals surface area contributed by atoms with Gasteiger partial charge in [0.25, 0.3) is 0 Å². The number of ether oxygens (including phenoxy) is 1. The van der Waals surface area contributed by atoms with Gasteiger partial charge in [-0.25, -0.2) is 14.1 Å². The maximum Gasteiger partial charge on any atom is 0.224 e. The molecular weight excluding hydrogens is 457 g/mol. The number of anilines is 1. The molecule has 0 radical (unpaired) electrons. The fourth-order valence-corrected chi connectivity index (χ4v) is 5.20. The predicted octanol–water partition coefficient (Wildman–Crippen LogP) is 4.19. The first-order valence-electron chi connectivity index (χ1n) is 13.4. The molecule has 1 aliphatic heterocycles. The van der Waals surface area contributed by atoms with Crippen LogP contribution < -0.4 is 11.1 Å². The lowest BCUT2D eigenvalue weighted by atomic mass is 9.86. The average molecular weight is 496 g/mol. The molecule has 0 atom stereocenters. The number of nitrogens with two attached hydrogens (primary N) is 1. The topological polar surface area (TPSA) is 94.1 Å². The molecule has 0 spiro atoms. The third-order valence-electron chi connectivity index (χ3n) is 7.45. The van der Waals surface area contributed by atoms with Crippen molar-refractivity contribution in [1.29, 1.82) is 0 Å². The highest BCUT2D eigenvalue weighted by Gasteiger charge is 2.23. The summed E-state index contributed by atoms with van der Waals surface area (Å²) in [6, 6.07) is 5.77. The van der Waals surface area contributed by atoms with E-state index in [4.69, 9.17) is 20.6 Å². The SMILES string of the molecule is CCCCNc1ncc2c(-c3ccc(CN4CCOCC4)c(F)c3)nn(C[C@H]3CC[C@H](N)CC3)c2n1. The van der Waals surface area contributed by atoms with Crippen LogP contribution in [0, 0.1) is 11.7 Å². The van der Waals surface area contributed by atoms with Crippen LogP contribution in [0.1, 0.15) is 51.0 Å². The number of halogens is 1. The monoisotopic (exact) mass is 495 g/mol. The minimum atomic E-state index is -0.207. The summed E-state index contributed by atoms with van der Waals surface area (Å²) in [4.78, 5) is 11.6. The summed E-state index contributed by atoms with van der Waals surface area (Å²) in [7, 11) is 0. The Hall–Kier alpha value is -2.62. The highest BCUT2D eigenvalue weighted by molar-refractivity contribution is 5.91. The zero-order valence-electron chi connectivity index (χ0n) is 21.3. The van der Waals surface area contributed by atoms with Gasteiger partial charge in [-0.15, -0.1) is 0 Å². The molecule has 1 saturated carbocycles. The smallest absolute Gasteiger partial charge is 0.224 e. The van der Waals surface area contributed by atoms with Crippen molar-refractivity contribution in [2.45, 2.75) is 64.6 Å². The van der Waals surface area contributed by atoms with Gasteiger partial charge in [0.05, 0.1) is 18.6 Å². The Kier molecular flexibility index (Phi) is 8.09. The molecule has 36 heavy (non-hydrogen) atoms. The molecule has 2 aromatic heterocycles. The van der Waals surface area contributed by atoms with Crippen LogP contribution in [-0.4, -0.2) is 63.5 Å². The van der Waals surface area contributed by atoms with Crippen molar-refractivity contribution >= 4 is 17.0 Å². The van der Waals surface area contributed by atoms with Crippen molar-refractivity contribution in [2.24, 2.45) is 11.7 Å². The van der Waals surface area contributed by atoms with Crippen LogP contribution in [0.4, 0.5) is 10.3 Å². The van der Waals surface area contributed by atoms with E-state index in [-0.39, 0.29) is 5.82 Å². The summed E-state index contributed by atoms with van der Waals surface area (Å²) in [5, 5.41) is 9.13. The number of nitrogens with one attached hydrogen (secondary N) is 1. The average Bonchev–Trinajstić information content (AvgIpc) is 3.25. The highest BCUT2D eigenvalue weighted by Crippen LogP contribution is 2.31. The van der Waals surface area contributed by atoms with Gasteiger partial charge in [0, 0.05) is 56.1 Å². The number of hydrogen-bond acceptors (Lipinski definition) is 7. The first-order valence-corrected chi connectivity index (χ1v) is 13.4. The number of unbranched alkanes of at least 4 members (excludes halogenated alkanes) is 1. The Morgan fingerprint density at radius 1 is 1.17 bits per heavy atom. The van der Waals surface area contributed by atoms with Crippen LogP contribution in [-0.2, 0) is 17.8 Å². The van der Waals surface area contributed by atoms with Crippen molar-refractivity contribution in [2.75, 3.05) is 38.2 Å². The second-order valence-corrected chi connectivity index (χ2v) is 10.2. The molecule has 194 valence electrons. The Morgan fingerprint density at radius 2 is 1.97 bits per heavy atom. The predicted molar refractivity (Wildman–Crippen MR) is 140 cm³/mol. The van der Waals surface area contributed by atoms with Gasteiger partial charge in [0.2, 0.25) is 5.95 Å². The largest absolute Gasteiger partial charge is 0.379 e. The summed E-state index contributed by atoms with van der Waals surface area (Å²) in [5.41, 5.74) is 9.11. The van der Waals surface area contributed by atoms with E-state index in [1.54, 1.807) is 6.07 Å². The zero-order chi connectivity index (χ0) is 24.9. The number of aromatic nitrogens is 4. The molecule has 1 aromatic carbocycles. The van der Waals surface area contributed by atoms with Gasteiger partial charge in [-0.2, -0.15) is 10.1 Å². The minimum absolute atomic E-state index is 0.207. The summed E-state index contributed by atoms with van der Waals surface area (Å²) < 4.78 is 22.6. The molecule has 1 aliphatic carbocycles. The lowest BCUT2D eigenvalue weighted by Gasteiger charge is -2.26. The summed E-state index contributed by atoms with van der Waals surface area (Å²) in [6.07, 6.45) is 8.27. The molecule has 0 bridgehead atoms. The van der Waals surface area contributed by atoms with Gasteiger partial charge in [-0.3, -0.25) is 4.90 Å². The Morgan fingerprint density at radius 3 is 2.72 bits per heavy atom. The molecule has 3 heterocycles.